The van der Waals surface area contributed by atoms with Gasteiger partial charge in [-0.3, -0.25) is 4.79 Å². The lowest BCUT2D eigenvalue weighted by Crippen LogP contribution is -2.58. The SMILES string of the molecule is O=C(C[C@@H]1CC[C@@H]2[C@H](COC[C@H](O)CN2C(=O)Nc2cc(Cl)cc(Cl)c2)O1)N1CCCCC1. The molecule has 3 aliphatic rings. The van der Waals surface area contributed by atoms with E-state index in [4.69, 9.17) is 32.7 Å². The Balaban J connectivity index is 1.42. The molecule has 0 aromatic heterocycles. The topological polar surface area (TPSA) is 91.3 Å². The monoisotopic (exact) mass is 499 g/mol. The van der Waals surface area contributed by atoms with E-state index < -0.39 is 6.10 Å². The van der Waals surface area contributed by atoms with Crippen molar-refractivity contribution in [3.05, 3.63) is 28.2 Å². The Bertz CT molecular complexity index is 831. The third-order valence-electron chi connectivity index (χ3n) is 6.47. The molecule has 3 fully saturated rings. The lowest BCUT2D eigenvalue weighted by Gasteiger charge is -2.44. The van der Waals surface area contributed by atoms with Gasteiger partial charge in [0.2, 0.25) is 5.91 Å². The number of nitrogens with one attached hydrogen (secondary N) is 1. The van der Waals surface area contributed by atoms with Crippen molar-refractivity contribution in [2.24, 2.45) is 0 Å². The van der Waals surface area contributed by atoms with Crippen LogP contribution in [0.2, 0.25) is 10.0 Å². The molecule has 0 unspecified atom stereocenters. The summed E-state index contributed by atoms with van der Waals surface area (Å²) in [7, 11) is 0. The van der Waals surface area contributed by atoms with Gasteiger partial charge in [0.25, 0.3) is 0 Å². The van der Waals surface area contributed by atoms with Crippen LogP contribution in [0.15, 0.2) is 18.2 Å². The van der Waals surface area contributed by atoms with E-state index >= 15 is 0 Å². The molecule has 0 radical (unpaired) electrons. The number of benzene rings is 1. The molecule has 3 amide bonds. The first-order valence-electron chi connectivity index (χ1n) is 11.6. The number of aliphatic hydroxyl groups is 1. The molecule has 4 atom stereocenters. The lowest BCUT2D eigenvalue weighted by atomic mass is 9.94. The minimum absolute atomic E-state index is 0.108. The maximum atomic E-state index is 13.2. The third-order valence-corrected chi connectivity index (χ3v) is 6.90. The fourth-order valence-electron chi connectivity index (χ4n) is 4.86. The Morgan fingerprint density at radius 1 is 1.06 bits per heavy atom. The van der Waals surface area contributed by atoms with Crippen LogP contribution in [-0.4, -0.2) is 84.0 Å². The number of carbonyl (C=O) groups is 2. The summed E-state index contributed by atoms with van der Waals surface area (Å²) >= 11 is 12.1. The smallest absolute Gasteiger partial charge is 0.322 e. The maximum Gasteiger partial charge on any atom is 0.322 e. The van der Waals surface area contributed by atoms with E-state index in [2.05, 4.69) is 5.32 Å². The first-order chi connectivity index (χ1) is 15.9. The highest BCUT2D eigenvalue weighted by molar-refractivity contribution is 6.35. The number of ether oxygens (including phenoxy) is 2. The van der Waals surface area contributed by atoms with Crippen molar-refractivity contribution in [3.8, 4) is 0 Å². The highest BCUT2D eigenvalue weighted by Gasteiger charge is 2.40. The van der Waals surface area contributed by atoms with Gasteiger partial charge >= 0.3 is 6.03 Å². The van der Waals surface area contributed by atoms with E-state index in [1.807, 2.05) is 4.90 Å². The summed E-state index contributed by atoms with van der Waals surface area (Å²) < 4.78 is 11.9. The summed E-state index contributed by atoms with van der Waals surface area (Å²) in [5.74, 6) is 0.132. The van der Waals surface area contributed by atoms with Gasteiger partial charge in [0.15, 0.2) is 0 Å². The van der Waals surface area contributed by atoms with Crippen LogP contribution in [0.5, 0.6) is 0 Å². The Morgan fingerprint density at radius 2 is 1.79 bits per heavy atom. The molecule has 3 saturated heterocycles. The molecule has 33 heavy (non-hydrogen) atoms. The zero-order valence-electron chi connectivity index (χ0n) is 18.6. The third kappa shape index (κ3) is 6.51. The quantitative estimate of drug-likeness (QED) is 0.663. The molecule has 0 bridgehead atoms. The second-order valence-electron chi connectivity index (χ2n) is 9.02. The fraction of sp³-hybridized carbons (Fsp3) is 0.652. The summed E-state index contributed by atoms with van der Waals surface area (Å²) in [4.78, 5) is 29.4. The molecule has 10 heteroatoms. The fourth-order valence-corrected chi connectivity index (χ4v) is 5.39. The number of fused-ring (bicyclic) bond motifs is 1. The summed E-state index contributed by atoms with van der Waals surface area (Å²) in [6, 6.07) is 4.18. The van der Waals surface area contributed by atoms with Gasteiger partial charge in [-0.05, 0) is 50.3 Å². The number of piperidine rings is 1. The van der Waals surface area contributed by atoms with Crippen LogP contribution in [-0.2, 0) is 14.3 Å². The van der Waals surface area contributed by atoms with Gasteiger partial charge < -0.3 is 29.7 Å². The van der Waals surface area contributed by atoms with Crippen LogP contribution >= 0.6 is 23.2 Å². The molecule has 3 aliphatic heterocycles. The predicted molar refractivity (Wildman–Crippen MR) is 126 cm³/mol. The average Bonchev–Trinajstić information content (AvgIpc) is 2.76. The number of hydrogen-bond donors (Lipinski definition) is 2. The van der Waals surface area contributed by atoms with Crippen LogP contribution in [0.3, 0.4) is 0 Å². The van der Waals surface area contributed by atoms with E-state index in [0.29, 0.717) is 35.0 Å². The van der Waals surface area contributed by atoms with Gasteiger partial charge in [-0.25, -0.2) is 4.79 Å². The summed E-state index contributed by atoms with van der Waals surface area (Å²) in [6.07, 6.45) is 3.56. The molecule has 4 rings (SSSR count). The van der Waals surface area contributed by atoms with E-state index in [0.717, 1.165) is 25.9 Å². The number of nitrogens with zero attached hydrogens (tertiary/aromatic N) is 2. The highest BCUT2D eigenvalue weighted by Crippen LogP contribution is 2.29. The lowest BCUT2D eigenvalue weighted by molar-refractivity contribution is -0.154. The number of β-amino-alcohol motifs (C(OH)–C–C–N with tert-alkyl or cyclic N) is 1. The molecule has 1 aromatic carbocycles. The number of rotatable bonds is 3. The first-order valence-corrected chi connectivity index (χ1v) is 12.4. The Hall–Kier alpha value is -1.58. The van der Waals surface area contributed by atoms with E-state index in [9.17, 15) is 14.7 Å². The Kier molecular flexibility index (Phi) is 8.35. The summed E-state index contributed by atoms with van der Waals surface area (Å²) in [5.41, 5.74) is 0.476. The van der Waals surface area contributed by atoms with E-state index in [1.54, 1.807) is 23.1 Å². The van der Waals surface area contributed by atoms with E-state index in [1.165, 1.54) is 6.42 Å². The van der Waals surface area contributed by atoms with Crippen LogP contribution in [0, 0.1) is 0 Å². The number of urea groups is 1. The van der Waals surface area contributed by atoms with Gasteiger partial charge in [-0.1, -0.05) is 23.2 Å². The highest BCUT2D eigenvalue weighted by atomic mass is 35.5. The molecular weight excluding hydrogens is 469 g/mol. The molecule has 182 valence electrons. The first kappa shape index (κ1) is 24.5. The summed E-state index contributed by atoms with van der Waals surface area (Å²) in [6.45, 7) is 2.11. The predicted octanol–water partition coefficient (Wildman–Crippen LogP) is 3.54. The van der Waals surface area contributed by atoms with Crippen molar-refractivity contribution < 1.29 is 24.2 Å². The van der Waals surface area contributed by atoms with Crippen molar-refractivity contribution >= 4 is 40.8 Å². The maximum absolute atomic E-state index is 13.2. The zero-order valence-corrected chi connectivity index (χ0v) is 20.1. The second-order valence-corrected chi connectivity index (χ2v) is 9.89. The number of hydrogen-bond acceptors (Lipinski definition) is 5. The van der Waals surface area contributed by atoms with Crippen LogP contribution in [0.4, 0.5) is 10.5 Å². The van der Waals surface area contributed by atoms with Gasteiger partial charge in [-0.2, -0.15) is 0 Å². The minimum atomic E-state index is -0.807. The minimum Gasteiger partial charge on any atom is -0.389 e. The van der Waals surface area contributed by atoms with Crippen LogP contribution in [0.25, 0.3) is 0 Å². The number of anilines is 1. The zero-order chi connectivity index (χ0) is 23.4. The van der Waals surface area contributed by atoms with Crippen LogP contribution in [0.1, 0.15) is 38.5 Å². The molecule has 0 spiro atoms. The molecule has 0 aliphatic carbocycles. The van der Waals surface area contributed by atoms with Crippen molar-refractivity contribution in [3.63, 3.8) is 0 Å². The molecule has 8 nitrogen and oxygen atoms in total. The molecule has 0 saturated carbocycles. The molecular formula is C23H31Cl2N3O5. The number of likely N-dealkylation sites (tertiary alicyclic amines) is 1. The largest absolute Gasteiger partial charge is 0.389 e. The normalized spacial score (nSPS) is 28.5. The van der Waals surface area contributed by atoms with Crippen molar-refractivity contribution in [1.82, 2.24) is 9.80 Å². The van der Waals surface area contributed by atoms with Crippen LogP contribution < -0.4 is 5.32 Å². The van der Waals surface area contributed by atoms with Gasteiger partial charge in [0.1, 0.15) is 6.10 Å². The molecule has 2 N–H and O–H groups in total. The van der Waals surface area contributed by atoms with Gasteiger partial charge in [0.05, 0.1) is 44.4 Å². The Labute approximate surface area is 204 Å². The number of aliphatic hydroxyl groups excluding tert-OH is 1. The Morgan fingerprint density at radius 3 is 2.52 bits per heavy atom. The van der Waals surface area contributed by atoms with Crippen molar-refractivity contribution in [1.29, 1.82) is 0 Å². The number of carbonyl (C=O) groups excluding carboxylic acids is 2. The number of amides is 3. The van der Waals surface area contributed by atoms with Crippen molar-refractivity contribution in [2.45, 2.75) is 62.9 Å². The molecule has 3 heterocycles. The standard InChI is InChI=1S/C23H31Cl2N3O5/c24-15-8-16(25)10-17(9-15)26-23(31)28-12-18(29)13-32-14-21-20(28)5-4-19(33-21)11-22(30)27-6-2-1-3-7-27/h8-10,18-21,29H,1-7,11-14H2,(H,26,31)/t18-,19+,20-,21+/m1/s1. The van der Waals surface area contributed by atoms with E-state index in [-0.39, 0.29) is 49.9 Å². The van der Waals surface area contributed by atoms with Crippen molar-refractivity contribution in [2.75, 3.05) is 38.2 Å². The average molecular weight is 500 g/mol. The van der Waals surface area contributed by atoms with Gasteiger partial charge in [-0.15, -0.1) is 0 Å². The second kappa shape index (κ2) is 11.2. The number of halogens is 2. The summed E-state index contributed by atoms with van der Waals surface area (Å²) in [5, 5.41) is 14.0. The molecule has 1 aromatic rings. The van der Waals surface area contributed by atoms with Gasteiger partial charge in [0, 0.05) is 28.8 Å².